The van der Waals surface area contributed by atoms with Gasteiger partial charge < -0.3 is 15.4 Å². The molecule has 3 rings (SSSR count). The molecule has 2 amide bonds. The van der Waals surface area contributed by atoms with E-state index in [0.29, 0.717) is 6.54 Å². The van der Waals surface area contributed by atoms with Crippen LogP contribution in [0.3, 0.4) is 0 Å². The van der Waals surface area contributed by atoms with E-state index in [4.69, 9.17) is 4.74 Å². The number of hydrogen-bond donors (Lipinski definition) is 2. The van der Waals surface area contributed by atoms with Crippen molar-refractivity contribution in [1.29, 1.82) is 0 Å². The number of amides is 2. The smallest absolute Gasteiger partial charge is 0.315 e. The van der Waals surface area contributed by atoms with Crippen LogP contribution in [0, 0.1) is 6.92 Å². The second kappa shape index (κ2) is 7.79. The number of nitrogens with one attached hydrogen (secondary N) is 2. The summed E-state index contributed by atoms with van der Waals surface area (Å²) in [6.07, 6.45) is 5.68. The van der Waals surface area contributed by atoms with Gasteiger partial charge in [0.1, 0.15) is 0 Å². The SMILES string of the molecule is Cc1ccc(=O)n(C2CCC(NC(=O)NCC3CCCO3)CC2)n1. The highest BCUT2D eigenvalue weighted by Gasteiger charge is 2.25. The van der Waals surface area contributed by atoms with Crippen molar-refractivity contribution in [3.8, 4) is 0 Å². The lowest BCUT2D eigenvalue weighted by Crippen LogP contribution is -2.46. The molecule has 24 heavy (non-hydrogen) atoms. The van der Waals surface area contributed by atoms with Crippen LogP contribution in [0.15, 0.2) is 16.9 Å². The predicted octanol–water partition coefficient (Wildman–Crippen LogP) is 1.51. The maximum atomic E-state index is 12.0. The van der Waals surface area contributed by atoms with E-state index in [9.17, 15) is 9.59 Å². The van der Waals surface area contributed by atoms with E-state index in [0.717, 1.165) is 50.8 Å². The lowest BCUT2D eigenvalue weighted by Gasteiger charge is -2.29. The zero-order chi connectivity index (χ0) is 16.9. The quantitative estimate of drug-likeness (QED) is 0.874. The number of carbonyl (C=O) groups is 1. The van der Waals surface area contributed by atoms with Crippen molar-refractivity contribution in [3.05, 3.63) is 28.2 Å². The fourth-order valence-electron chi connectivity index (χ4n) is 3.50. The molecule has 1 aliphatic carbocycles. The van der Waals surface area contributed by atoms with Crippen molar-refractivity contribution in [2.24, 2.45) is 0 Å². The van der Waals surface area contributed by atoms with Crippen LogP contribution in [0.2, 0.25) is 0 Å². The van der Waals surface area contributed by atoms with Crippen LogP contribution < -0.4 is 16.2 Å². The molecule has 1 aromatic rings. The number of ether oxygens (including phenoxy) is 1. The van der Waals surface area contributed by atoms with E-state index < -0.39 is 0 Å². The Balaban J connectivity index is 1.44. The summed E-state index contributed by atoms with van der Waals surface area (Å²) in [6.45, 7) is 3.26. The topological polar surface area (TPSA) is 85.2 Å². The van der Waals surface area contributed by atoms with Crippen LogP contribution >= 0.6 is 0 Å². The standard InChI is InChI=1S/C17H26N4O3/c1-12-4-9-16(22)21(20-12)14-7-5-13(6-8-14)19-17(23)18-11-15-3-2-10-24-15/h4,9,13-15H,2-3,5-8,10-11H2,1H3,(H2,18,19,23). The van der Waals surface area contributed by atoms with Gasteiger partial charge in [0.05, 0.1) is 17.8 Å². The molecule has 1 atom stereocenters. The largest absolute Gasteiger partial charge is 0.376 e. The minimum Gasteiger partial charge on any atom is -0.376 e. The van der Waals surface area contributed by atoms with E-state index >= 15 is 0 Å². The highest BCUT2D eigenvalue weighted by Crippen LogP contribution is 2.26. The molecule has 1 saturated carbocycles. The summed E-state index contributed by atoms with van der Waals surface area (Å²) in [6, 6.07) is 3.48. The Morgan fingerprint density at radius 1 is 1.29 bits per heavy atom. The van der Waals surface area contributed by atoms with Crippen LogP contribution in [-0.2, 0) is 4.74 Å². The highest BCUT2D eigenvalue weighted by molar-refractivity contribution is 5.74. The Labute approximate surface area is 141 Å². The van der Waals surface area contributed by atoms with Crippen molar-refractivity contribution in [2.45, 2.75) is 63.6 Å². The Morgan fingerprint density at radius 3 is 2.79 bits per heavy atom. The molecule has 132 valence electrons. The molecule has 0 spiro atoms. The molecule has 1 saturated heterocycles. The predicted molar refractivity (Wildman–Crippen MR) is 90.0 cm³/mol. The Morgan fingerprint density at radius 2 is 2.08 bits per heavy atom. The third kappa shape index (κ3) is 4.35. The number of aryl methyl sites for hydroxylation is 1. The summed E-state index contributed by atoms with van der Waals surface area (Å²) in [4.78, 5) is 23.9. The van der Waals surface area contributed by atoms with Gasteiger partial charge in [-0.3, -0.25) is 4.79 Å². The summed E-state index contributed by atoms with van der Waals surface area (Å²) < 4.78 is 7.10. The number of urea groups is 1. The molecule has 0 bridgehead atoms. The fraction of sp³-hybridized carbons (Fsp3) is 0.706. The number of carbonyl (C=O) groups excluding carboxylic acids is 1. The fourth-order valence-corrected chi connectivity index (χ4v) is 3.50. The first-order chi connectivity index (χ1) is 11.6. The highest BCUT2D eigenvalue weighted by atomic mass is 16.5. The summed E-state index contributed by atoms with van der Waals surface area (Å²) >= 11 is 0. The second-order valence-corrected chi connectivity index (χ2v) is 6.75. The lowest BCUT2D eigenvalue weighted by atomic mass is 9.91. The van der Waals surface area contributed by atoms with Gasteiger partial charge in [0.2, 0.25) is 0 Å². The van der Waals surface area contributed by atoms with Gasteiger partial charge in [0.15, 0.2) is 0 Å². The Hall–Kier alpha value is -1.89. The molecular weight excluding hydrogens is 308 g/mol. The first kappa shape index (κ1) is 17.0. The van der Waals surface area contributed by atoms with E-state index in [1.165, 1.54) is 0 Å². The van der Waals surface area contributed by atoms with Crippen molar-refractivity contribution in [1.82, 2.24) is 20.4 Å². The third-order valence-corrected chi connectivity index (χ3v) is 4.85. The Kier molecular flexibility index (Phi) is 5.50. The van der Waals surface area contributed by atoms with Gasteiger partial charge in [-0.05, 0) is 51.5 Å². The third-order valence-electron chi connectivity index (χ3n) is 4.85. The molecule has 2 heterocycles. The summed E-state index contributed by atoms with van der Waals surface area (Å²) in [7, 11) is 0. The summed E-state index contributed by atoms with van der Waals surface area (Å²) in [5.74, 6) is 0. The van der Waals surface area contributed by atoms with E-state index in [1.807, 2.05) is 6.92 Å². The molecule has 1 unspecified atom stereocenters. The number of rotatable bonds is 4. The van der Waals surface area contributed by atoms with E-state index in [2.05, 4.69) is 15.7 Å². The molecule has 7 nitrogen and oxygen atoms in total. The van der Waals surface area contributed by atoms with Gasteiger partial charge >= 0.3 is 6.03 Å². The van der Waals surface area contributed by atoms with Gasteiger partial charge in [-0.15, -0.1) is 0 Å². The minimum absolute atomic E-state index is 0.0497. The minimum atomic E-state index is -0.125. The van der Waals surface area contributed by atoms with Crippen LogP contribution in [-0.4, -0.2) is 41.1 Å². The van der Waals surface area contributed by atoms with Gasteiger partial charge in [0, 0.05) is 25.3 Å². The van der Waals surface area contributed by atoms with Gasteiger partial charge in [-0.2, -0.15) is 5.10 Å². The van der Waals surface area contributed by atoms with E-state index in [1.54, 1.807) is 16.8 Å². The zero-order valence-electron chi connectivity index (χ0n) is 14.2. The average Bonchev–Trinajstić information content (AvgIpc) is 3.10. The zero-order valence-corrected chi connectivity index (χ0v) is 14.2. The first-order valence-corrected chi connectivity index (χ1v) is 8.84. The molecule has 0 radical (unpaired) electrons. The number of nitrogens with zero attached hydrogens (tertiary/aromatic N) is 2. The normalized spacial score (nSPS) is 27.0. The maximum Gasteiger partial charge on any atom is 0.315 e. The van der Waals surface area contributed by atoms with E-state index in [-0.39, 0.29) is 29.8 Å². The van der Waals surface area contributed by atoms with Crippen LogP contribution in [0.4, 0.5) is 4.79 Å². The van der Waals surface area contributed by atoms with Crippen molar-refractivity contribution >= 4 is 6.03 Å². The van der Waals surface area contributed by atoms with Crippen LogP contribution in [0.5, 0.6) is 0 Å². The molecule has 2 aliphatic rings. The molecule has 2 N–H and O–H groups in total. The Bertz CT molecular complexity index is 617. The molecule has 1 aromatic heterocycles. The second-order valence-electron chi connectivity index (χ2n) is 6.75. The average molecular weight is 334 g/mol. The monoisotopic (exact) mass is 334 g/mol. The maximum absolute atomic E-state index is 12.0. The van der Waals surface area contributed by atoms with Crippen molar-refractivity contribution in [3.63, 3.8) is 0 Å². The molecular formula is C17H26N4O3. The molecule has 0 aromatic carbocycles. The lowest BCUT2D eigenvalue weighted by molar-refractivity contribution is 0.111. The summed E-state index contributed by atoms with van der Waals surface area (Å²) in [5.41, 5.74) is 0.801. The molecule has 2 fully saturated rings. The van der Waals surface area contributed by atoms with Gasteiger partial charge in [-0.25, -0.2) is 9.48 Å². The number of hydrogen-bond acceptors (Lipinski definition) is 4. The van der Waals surface area contributed by atoms with Gasteiger partial charge in [0.25, 0.3) is 5.56 Å². The van der Waals surface area contributed by atoms with Crippen LogP contribution in [0.25, 0.3) is 0 Å². The van der Waals surface area contributed by atoms with Crippen LogP contribution in [0.1, 0.15) is 50.3 Å². The van der Waals surface area contributed by atoms with Crippen molar-refractivity contribution < 1.29 is 9.53 Å². The van der Waals surface area contributed by atoms with Crippen molar-refractivity contribution in [2.75, 3.05) is 13.2 Å². The molecule has 7 heteroatoms. The summed E-state index contributed by atoms with van der Waals surface area (Å²) in [5, 5.41) is 10.3. The van der Waals surface area contributed by atoms with Gasteiger partial charge in [-0.1, -0.05) is 0 Å². The molecule has 1 aliphatic heterocycles. The first-order valence-electron chi connectivity index (χ1n) is 8.84. The number of aromatic nitrogens is 2.